The number of hydrogen-bond acceptors (Lipinski definition) is 1. The van der Waals surface area contributed by atoms with Crippen LogP contribution in [-0.4, -0.2) is 17.7 Å². The smallest absolute Gasteiger partial charge is 0.166 e. The molecule has 0 aromatic rings. The highest BCUT2D eigenvalue weighted by atomic mass is 32.1. The van der Waals surface area contributed by atoms with E-state index in [4.69, 9.17) is 12.2 Å². The van der Waals surface area contributed by atoms with Gasteiger partial charge in [-0.15, -0.1) is 0 Å². The van der Waals surface area contributed by atoms with Gasteiger partial charge in [-0.2, -0.15) is 0 Å². The largest absolute Gasteiger partial charge is 0.362 e. The monoisotopic (exact) mass is 278 g/mol. The summed E-state index contributed by atoms with van der Waals surface area (Å²) in [6.07, 6.45) is 14.6. The normalized spacial score (nSPS) is 33.1. The molecular weight excluding hydrogens is 252 g/mol. The minimum Gasteiger partial charge on any atom is -0.362 e. The average Bonchev–Trinajstić information content (AvgIpc) is 3.02. The predicted molar refractivity (Wildman–Crippen MR) is 84.1 cm³/mol. The molecule has 0 aromatic carbocycles. The minimum atomic E-state index is 0.660. The number of rotatable bonds is 4. The predicted octanol–water partition coefficient (Wildman–Crippen LogP) is 3.53. The van der Waals surface area contributed by atoms with Crippen molar-refractivity contribution in [2.45, 2.75) is 63.8 Å². The lowest BCUT2D eigenvalue weighted by atomic mass is 9.95. The second-order valence-corrected chi connectivity index (χ2v) is 6.95. The standard InChI is InChI=1S/C16H26N2S/c19-16(17-9-8-12-4-2-1-3-5-12)18-15-11-13-6-7-14(15)10-13/h4,13-15H,1-3,5-11H2,(H2,17,18,19)/t13-,14+,15+/m1/s1. The summed E-state index contributed by atoms with van der Waals surface area (Å²) >= 11 is 5.43. The van der Waals surface area contributed by atoms with Gasteiger partial charge in [0, 0.05) is 12.6 Å². The van der Waals surface area contributed by atoms with Crippen molar-refractivity contribution in [3.05, 3.63) is 11.6 Å². The second kappa shape index (κ2) is 6.25. The van der Waals surface area contributed by atoms with Crippen LogP contribution in [0.2, 0.25) is 0 Å². The number of hydrogen-bond donors (Lipinski definition) is 2. The Balaban J connectivity index is 1.34. The fourth-order valence-corrected chi connectivity index (χ4v) is 4.36. The first kappa shape index (κ1) is 13.4. The van der Waals surface area contributed by atoms with Crippen LogP contribution in [0.25, 0.3) is 0 Å². The third-order valence-electron chi connectivity index (χ3n) is 5.17. The Morgan fingerprint density at radius 2 is 2.21 bits per heavy atom. The van der Waals surface area contributed by atoms with Crippen molar-refractivity contribution >= 4 is 17.3 Å². The van der Waals surface area contributed by atoms with Gasteiger partial charge < -0.3 is 10.6 Å². The van der Waals surface area contributed by atoms with Crippen molar-refractivity contribution in [3.8, 4) is 0 Å². The molecule has 3 atom stereocenters. The maximum atomic E-state index is 5.43. The molecule has 3 aliphatic rings. The quantitative estimate of drug-likeness (QED) is 0.608. The summed E-state index contributed by atoms with van der Waals surface area (Å²) in [7, 11) is 0. The van der Waals surface area contributed by atoms with Gasteiger partial charge in [-0.3, -0.25) is 0 Å². The fourth-order valence-electron chi connectivity index (χ4n) is 4.11. The molecule has 0 aromatic heterocycles. The fraction of sp³-hybridized carbons (Fsp3) is 0.812. The Labute approximate surface area is 122 Å². The van der Waals surface area contributed by atoms with Gasteiger partial charge in [0.05, 0.1) is 0 Å². The molecule has 2 fully saturated rings. The van der Waals surface area contributed by atoms with Gasteiger partial charge in [0.1, 0.15) is 0 Å². The number of allylic oxidation sites excluding steroid dienone is 1. The van der Waals surface area contributed by atoms with Gasteiger partial charge in [-0.05, 0) is 75.4 Å². The molecule has 106 valence electrons. The molecule has 0 radical (unpaired) electrons. The molecule has 0 unspecified atom stereocenters. The van der Waals surface area contributed by atoms with Gasteiger partial charge in [-0.1, -0.05) is 18.1 Å². The molecule has 0 amide bonds. The lowest BCUT2D eigenvalue weighted by Gasteiger charge is -2.24. The lowest BCUT2D eigenvalue weighted by molar-refractivity contribution is 0.389. The van der Waals surface area contributed by atoms with Crippen LogP contribution in [0.1, 0.15) is 57.8 Å². The zero-order valence-corrected chi connectivity index (χ0v) is 12.6. The maximum Gasteiger partial charge on any atom is 0.166 e. The van der Waals surface area contributed by atoms with E-state index in [1.165, 1.54) is 57.8 Å². The number of nitrogens with one attached hydrogen (secondary N) is 2. The molecule has 3 rings (SSSR count). The summed E-state index contributed by atoms with van der Waals surface area (Å²) in [4.78, 5) is 0. The van der Waals surface area contributed by atoms with Crippen molar-refractivity contribution in [3.63, 3.8) is 0 Å². The molecule has 0 aliphatic heterocycles. The Kier molecular flexibility index (Phi) is 4.42. The molecule has 0 heterocycles. The summed E-state index contributed by atoms with van der Waals surface area (Å²) in [6, 6.07) is 0.660. The summed E-state index contributed by atoms with van der Waals surface area (Å²) in [5, 5.41) is 7.83. The van der Waals surface area contributed by atoms with Crippen LogP contribution < -0.4 is 10.6 Å². The van der Waals surface area contributed by atoms with Crippen LogP contribution in [0.15, 0.2) is 11.6 Å². The van der Waals surface area contributed by atoms with Crippen molar-refractivity contribution in [2.75, 3.05) is 6.54 Å². The number of fused-ring (bicyclic) bond motifs is 2. The van der Waals surface area contributed by atoms with Crippen LogP contribution in [0.3, 0.4) is 0 Å². The average molecular weight is 278 g/mol. The summed E-state index contributed by atoms with van der Waals surface area (Å²) < 4.78 is 0. The van der Waals surface area contributed by atoms with Gasteiger partial charge in [0.15, 0.2) is 5.11 Å². The molecule has 0 saturated heterocycles. The Morgan fingerprint density at radius 3 is 2.89 bits per heavy atom. The van der Waals surface area contributed by atoms with E-state index in [2.05, 4.69) is 16.7 Å². The first-order valence-corrected chi connectivity index (χ1v) is 8.44. The molecule has 3 heteroatoms. The van der Waals surface area contributed by atoms with E-state index in [0.717, 1.165) is 23.5 Å². The molecule has 3 aliphatic carbocycles. The highest BCUT2D eigenvalue weighted by Gasteiger charge is 2.39. The van der Waals surface area contributed by atoms with Crippen LogP contribution in [0.4, 0.5) is 0 Å². The van der Waals surface area contributed by atoms with E-state index in [0.29, 0.717) is 6.04 Å². The third kappa shape index (κ3) is 3.50. The van der Waals surface area contributed by atoms with Gasteiger partial charge in [0.2, 0.25) is 0 Å². The van der Waals surface area contributed by atoms with Gasteiger partial charge in [0.25, 0.3) is 0 Å². The van der Waals surface area contributed by atoms with Crippen LogP contribution >= 0.6 is 12.2 Å². The van der Waals surface area contributed by atoms with E-state index in [9.17, 15) is 0 Å². The summed E-state index contributed by atoms with van der Waals surface area (Å²) in [5.41, 5.74) is 1.63. The van der Waals surface area contributed by atoms with E-state index in [-0.39, 0.29) is 0 Å². The molecule has 0 spiro atoms. The maximum absolute atomic E-state index is 5.43. The summed E-state index contributed by atoms with van der Waals surface area (Å²) in [6.45, 7) is 0.998. The number of thiocarbonyl (C=S) groups is 1. The van der Waals surface area contributed by atoms with Crippen molar-refractivity contribution in [1.29, 1.82) is 0 Å². The van der Waals surface area contributed by atoms with Crippen molar-refractivity contribution in [1.82, 2.24) is 10.6 Å². The molecule has 19 heavy (non-hydrogen) atoms. The van der Waals surface area contributed by atoms with Crippen LogP contribution in [-0.2, 0) is 0 Å². The lowest BCUT2D eigenvalue weighted by Crippen LogP contribution is -2.44. The van der Waals surface area contributed by atoms with E-state index in [1.807, 2.05) is 0 Å². The van der Waals surface area contributed by atoms with Crippen molar-refractivity contribution < 1.29 is 0 Å². The van der Waals surface area contributed by atoms with E-state index < -0.39 is 0 Å². The van der Waals surface area contributed by atoms with E-state index >= 15 is 0 Å². The summed E-state index contributed by atoms with van der Waals surface area (Å²) in [5.74, 6) is 1.88. The first-order valence-electron chi connectivity index (χ1n) is 8.03. The molecule has 2 nitrogen and oxygen atoms in total. The minimum absolute atomic E-state index is 0.660. The third-order valence-corrected chi connectivity index (χ3v) is 5.43. The molecule has 2 saturated carbocycles. The Morgan fingerprint density at radius 1 is 1.26 bits per heavy atom. The Bertz CT molecular complexity index is 364. The highest BCUT2D eigenvalue weighted by Crippen LogP contribution is 2.44. The zero-order valence-electron chi connectivity index (χ0n) is 11.8. The molecule has 2 N–H and O–H groups in total. The highest BCUT2D eigenvalue weighted by molar-refractivity contribution is 7.80. The van der Waals surface area contributed by atoms with Crippen LogP contribution in [0.5, 0.6) is 0 Å². The Hall–Kier alpha value is -0.570. The first-order chi connectivity index (χ1) is 9.31. The van der Waals surface area contributed by atoms with Gasteiger partial charge >= 0.3 is 0 Å². The molecular formula is C16H26N2S. The topological polar surface area (TPSA) is 24.1 Å². The zero-order chi connectivity index (χ0) is 13.1. The second-order valence-electron chi connectivity index (χ2n) is 6.54. The van der Waals surface area contributed by atoms with Crippen molar-refractivity contribution in [2.24, 2.45) is 11.8 Å². The van der Waals surface area contributed by atoms with Crippen LogP contribution in [0, 0.1) is 11.8 Å². The SMILES string of the molecule is S=C(NCCC1=CCCCC1)N[C@H]1C[C@@H]2CC[C@H]1C2. The molecule has 2 bridgehead atoms. The van der Waals surface area contributed by atoms with Gasteiger partial charge in [-0.25, -0.2) is 0 Å². The van der Waals surface area contributed by atoms with E-state index in [1.54, 1.807) is 5.57 Å².